The van der Waals surface area contributed by atoms with E-state index < -0.39 is 5.82 Å². The molecule has 3 rings (SSSR count). The van der Waals surface area contributed by atoms with Crippen molar-refractivity contribution >= 4 is 5.96 Å². The number of aliphatic imine (C=N–C) groups is 1. The first-order valence-corrected chi connectivity index (χ1v) is 8.72. The van der Waals surface area contributed by atoms with Gasteiger partial charge in [0.2, 0.25) is 0 Å². The Morgan fingerprint density at radius 1 is 1.19 bits per heavy atom. The third-order valence-corrected chi connectivity index (χ3v) is 4.69. The van der Waals surface area contributed by atoms with Crippen LogP contribution in [0.1, 0.15) is 16.7 Å². The van der Waals surface area contributed by atoms with Gasteiger partial charge < -0.3 is 24.8 Å². The van der Waals surface area contributed by atoms with E-state index in [0.29, 0.717) is 18.8 Å². The number of nitrogens with zero attached hydrogens (tertiary/aromatic N) is 2. The van der Waals surface area contributed by atoms with Crippen LogP contribution in [0.5, 0.6) is 17.2 Å². The van der Waals surface area contributed by atoms with Gasteiger partial charge in [0.15, 0.2) is 29.0 Å². The number of hydrogen-bond donors (Lipinski definition) is 2. The van der Waals surface area contributed by atoms with Gasteiger partial charge in [0.05, 0.1) is 14.2 Å². The Hall–Kier alpha value is -2.96. The summed E-state index contributed by atoms with van der Waals surface area (Å²) in [6.07, 6.45) is 0.865. The van der Waals surface area contributed by atoms with E-state index in [1.165, 1.54) is 17.7 Å². The maximum atomic E-state index is 13.5. The second kappa shape index (κ2) is 8.16. The Bertz CT molecular complexity index is 855. The number of phenols is 1. The number of methoxy groups -OCH3 is 2. The van der Waals surface area contributed by atoms with Crippen LogP contribution in [0.25, 0.3) is 0 Å². The molecule has 2 aromatic rings. The first-order chi connectivity index (χ1) is 13.0. The van der Waals surface area contributed by atoms with Crippen molar-refractivity contribution in [1.82, 2.24) is 10.2 Å². The molecule has 0 amide bonds. The Kier molecular flexibility index (Phi) is 5.69. The summed E-state index contributed by atoms with van der Waals surface area (Å²) < 4.78 is 24.3. The maximum absolute atomic E-state index is 13.5. The molecule has 7 heteroatoms. The molecule has 0 radical (unpaired) electrons. The lowest BCUT2D eigenvalue weighted by molar-refractivity contribution is 0.346. The lowest BCUT2D eigenvalue weighted by atomic mass is 9.99. The van der Waals surface area contributed by atoms with Crippen molar-refractivity contribution in [3.8, 4) is 17.2 Å². The van der Waals surface area contributed by atoms with E-state index in [9.17, 15) is 9.50 Å². The molecule has 0 fully saturated rings. The molecule has 1 aliphatic rings. The number of aromatic hydroxyl groups is 1. The van der Waals surface area contributed by atoms with Crippen molar-refractivity contribution in [2.75, 3.05) is 27.8 Å². The van der Waals surface area contributed by atoms with Gasteiger partial charge in [0.25, 0.3) is 0 Å². The number of nitrogens with one attached hydrogen (secondary N) is 1. The molecule has 0 atom stereocenters. The van der Waals surface area contributed by atoms with Gasteiger partial charge in [-0.2, -0.15) is 0 Å². The van der Waals surface area contributed by atoms with Gasteiger partial charge in [0, 0.05) is 26.7 Å². The molecular formula is C20H24FN3O3. The van der Waals surface area contributed by atoms with Crippen LogP contribution in [0.4, 0.5) is 4.39 Å². The molecule has 0 unspecified atom stereocenters. The Morgan fingerprint density at radius 2 is 1.89 bits per heavy atom. The molecule has 2 aromatic carbocycles. The van der Waals surface area contributed by atoms with Crippen LogP contribution in [0.2, 0.25) is 0 Å². The summed E-state index contributed by atoms with van der Waals surface area (Å²) in [7, 11) is 4.99. The molecular weight excluding hydrogens is 349 g/mol. The first kappa shape index (κ1) is 18.8. The summed E-state index contributed by atoms with van der Waals surface area (Å²) in [6.45, 7) is 1.92. The molecule has 0 aliphatic carbocycles. The van der Waals surface area contributed by atoms with Crippen LogP contribution < -0.4 is 14.8 Å². The van der Waals surface area contributed by atoms with E-state index in [2.05, 4.69) is 15.2 Å². The molecule has 2 N–H and O–H groups in total. The van der Waals surface area contributed by atoms with Gasteiger partial charge in [-0.05, 0) is 47.4 Å². The third-order valence-electron chi connectivity index (χ3n) is 4.69. The standard InChI is InChI=1S/C20H24FN3O3/c1-22-20(23-11-13-4-5-17(25)16(21)8-13)24-7-6-14-9-18(26-2)19(27-3)10-15(14)12-24/h4-5,8-10,25H,6-7,11-12H2,1-3H3,(H,22,23). The first-order valence-electron chi connectivity index (χ1n) is 8.72. The minimum Gasteiger partial charge on any atom is -0.505 e. The highest BCUT2D eigenvalue weighted by molar-refractivity contribution is 5.80. The number of ether oxygens (including phenoxy) is 2. The van der Waals surface area contributed by atoms with Crippen molar-refractivity contribution in [2.45, 2.75) is 19.5 Å². The number of benzene rings is 2. The van der Waals surface area contributed by atoms with Crippen molar-refractivity contribution in [1.29, 1.82) is 0 Å². The average molecular weight is 373 g/mol. The predicted octanol–water partition coefficient (Wildman–Crippen LogP) is 2.68. The second-order valence-electron chi connectivity index (χ2n) is 6.33. The molecule has 0 aromatic heterocycles. The van der Waals surface area contributed by atoms with Crippen molar-refractivity contribution in [2.24, 2.45) is 4.99 Å². The lowest BCUT2D eigenvalue weighted by Crippen LogP contribution is -2.43. The summed E-state index contributed by atoms with van der Waals surface area (Å²) >= 11 is 0. The zero-order chi connectivity index (χ0) is 19.4. The van der Waals surface area contributed by atoms with E-state index in [-0.39, 0.29) is 5.75 Å². The summed E-state index contributed by atoms with van der Waals surface area (Å²) in [5.74, 6) is 1.21. The van der Waals surface area contributed by atoms with Gasteiger partial charge in [-0.3, -0.25) is 4.99 Å². The molecule has 144 valence electrons. The smallest absolute Gasteiger partial charge is 0.194 e. The monoisotopic (exact) mass is 373 g/mol. The van der Waals surface area contributed by atoms with Crippen molar-refractivity contribution < 1.29 is 19.0 Å². The molecule has 0 saturated heterocycles. The van der Waals surface area contributed by atoms with E-state index in [4.69, 9.17) is 9.47 Å². The van der Waals surface area contributed by atoms with Gasteiger partial charge in [-0.1, -0.05) is 6.07 Å². The fourth-order valence-corrected chi connectivity index (χ4v) is 3.24. The highest BCUT2D eigenvalue weighted by atomic mass is 19.1. The Morgan fingerprint density at radius 3 is 2.52 bits per heavy atom. The van der Waals surface area contributed by atoms with Crippen LogP contribution >= 0.6 is 0 Å². The highest BCUT2D eigenvalue weighted by Gasteiger charge is 2.21. The topological polar surface area (TPSA) is 66.3 Å². The van der Waals surface area contributed by atoms with Gasteiger partial charge >= 0.3 is 0 Å². The van der Waals surface area contributed by atoms with E-state index in [0.717, 1.165) is 35.8 Å². The van der Waals surface area contributed by atoms with Gasteiger partial charge in [-0.25, -0.2) is 4.39 Å². The van der Waals surface area contributed by atoms with Crippen LogP contribution in [0.15, 0.2) is 35.3 Å². The zero-order valence-electron chi connectivity index (χ0n) is 15.8. The minimum atomic E-state index is -0.628. The predicted molar refractivity (Wildman–Crippen MR) is 102 cm³/mol. The summed E-state index contributed by atoms with van der Waals surface area (Å²) in [4.78, 5) is 6.49. The molecule has 0 spiro atoms. The van der Waals surface area contributed by atoms with E-state index >= 15 is 0 Å². The van der Waals surface area contributed by atoms with Crippen molar-refractivity contribution in [3.63, 3.8) is 0 Å². The van der Waals surface area contributed by atoms with Crippen LogP contribution in [0.3, 0.4) is 0 Å². The normalized spacial score (nSPS) is 13.9. The number of hydrogen-bond acceptors (Lipinski definition) is 4. The average Bonchev–Trinajstić information content (AvgIpc) is 2.69. The van der Waals surface area contributed by atoms with Crippen molar-refractivity contribution in [3.05, 3.63) is 52.8 Å². The lowest BCUT2D eigenvalue weighted by Gasteiger charge is -2.32. The third kappa shape index (κ3) is 4.07. The number of halogens is 1. The summed E-state index contributed by atoms with van der Waals surface area (Å²) in [5, 5.41) is 12.6. The molecule has 0 bridgehead atoms. The molecule has 1 aliphatic heterocycles. The number of fused-ring (bicyclic) bond motifs is 1. The zero-order valence-corrected chi connectivity index (χ0v) is 15.8. The Labute approximate surface area is 158 Å². The van der Waals surface area contributed by atoms with E-state index in [1.54, 1.807) is 27.3 Å². The summed E-state index contributed by atoms with van der Waals surface area (Å²) in [5.41, 5.74) is 3.13. The summed E-state index contributed by atoms with van der Waals surface area (Å²) in [6, 6.07) is 8.38. The van der Waals surface area contributed by atoms with Crippen LogP contribution in [-0.2, 0) is 19.5 Å². The van der Waals surface area contributed by atoms with Gasteiger partial charge in [-0.15, -0.1) is 0 Å². The second-order valence-corrected chi connectivity index (χ2v) is 6.33. The molecule has 6 nitrogen and oxygen atoms in total. The molecule has 1 heterocycles. The number of phenolic OH excluding ortho intramolecular Hbond substituents is 1. The van der Waals surface area contributed by atoms with Crippen LogP contribution in [-0.4, -0.2) is 43.8 Å². The van der Waals surface area contributed by atoms with E-state index in [1.807, 2.05) is 12.1 Å². The largest absolute Gasteiger partial charge is 0.505 e. The highest BCUT2D eigenvalue weighted by Crippen LogP contribution is 2.33. The van der Waals surface area contributed by atoms with Gasteiger partial charge in [0.1, 0.15) is 0 Å². The minimum absolute atomic E-state index is 0.347. The van der Waals surface area contributed by atoms with Crippen LogP contribution in [0, 0.1) is 5.82 Å². The molecule has 0 saturated carbocycles. The fraction of sp³-hybridized carbons (Fsp3) is 0.350. The number of guanidine groups is 1. The number of rotatable bonds is 4. The Balaban J connectivity index is 1.71. The fourth-order valence-electron chi connectivity index (χ4n) is 3.24. The molecule has 27 heavy (non-hydrogen) atoms. The quantitative estimate of drug-likeness (QED) is 0.637. The maximum Gasteiger partial charge on any atom is 0.194 e. The SMILES string of the molecule is CN=C(NCc1ccc(O)c(F)c1)N1CCc2cc(OC)c(OC)cc2C1.